The van der Waals surface area contributed by atoms with E-state index in [0.717, 1.165) is 13.0 Å². The van der Waals surface area contributed by atoms with E-state index < -0.39 is 9.04 Å². The molecule has 0 radical (unpaired) electrons. The smallest absolute Gasteiger partial charge is 0.225 e. The summed E-state index contributed by atoms with van der Waals surface area (Å²) < 4.78 is 11.2. The molecule has 0 aliphatic carbocycles. The highest BCUT2D eigenvalue weighted by molar-refractivity contribution is 6.48. The van der Waals surface area contributed by atoms with Crippen LogP contribution in [0.25, 0.3) is 0 Å². The van der Waals surface area contributed by atoms with Gasteiger partial charge in [0.15, 0.2) is 9.04 Å². The Bertz CT molecular complexity index is 336. The highest BCUT2D eigenvalue weighted by Crippen LogP contribution is 2.40. The van der Waals surface area contributed by atoms with Crippen LogP contribution in [0, 0.1) is 17.3 Å². The van der Waals surface area contributed by atoms with Gasteiger partial charge in [-0.05, 0) is 30.8 Å². The largest absolute Gasteiger partial charge is 0.420 e. The van der Waals surface area contributed by atoms with Gasteiger partial charge in [-0.25, -0.2) is 0 Å². The molecule has 5 heteroatoms. The van der Waals surface area contributed by atoms with Gasteiger partial charge in [0.25, 0.3) is 0 Å². The van der Waals surface area contributed by atoms with Gasteiger partial charge in [-0.2, -0.15) is 0 Å². The second-order valence-corrected chi connectivity index (χ2v) is 9.62. The normalized spacial score (nSPS) is 31.9. The third-order valence-corrected chi connectivity index (χ3v) is 5.00. The summed E-state index contributed by atoms with van der Waals surface area (Å²) in [6, 6.07) is 0.279. The maximum absolute atomic E-state index is 12.0. The van der Waals surface area contributed by atoms with Crippen LogP contribution in [0.4, 0.5) is 0 Å². The zero-order chi connectivity index (χ0) is 14.2. The van der Waals surface area contributed by atoms with Gasteiger partial charge in [0.2, 0.25) is 5.91 Å². The van der Waals surface area contributed by atoms with E-state index in [4.69, 9.17) is 9.16 Å². The second kappa shape index (κ2) is 5.54. The van der Waals surface area contributed by atoms with Gasteiger partial charge in [0.05, 0.1) is 18.6 Å². The van der Waals surface area contributed by atoms with Crippen LogP contribution in [-0.4, -0.2) is 40.3 Å². The predicted molar refractivity (Wildman–Crippen MR) is 77.6 cm³/mol. The number of carbonyl (C=O) groups excluding carboxylic acids is 1. The summed E-state index contributed by atoms with van der Waals surface area (Å²) in [6.07, 6.45) is 1.33. The molecular weight excluding hydrogens is 258 g/mol. The Labute approximate surface area is 118 Å². The summed E-state index contributed by atoms with van der Waals surface area (Å²) >= 11 is 0. The van der Waals surface area contributed by atoms with Gasteiger partial charge >= 0.3 is 0 Å². The third-order valence-electron chi connectivity index (χ3n) is 4.14. The monoisotopic (exact) mass is 285 g/mol. The molecule has 2 fully saturated rings. The fraction of sp³-hybridized carbons (Fsp3) is 0.929. The molecule has 19 heavy (non-hydrogen) atoms. The Balaban J connectivity index is 2.00. The van der Waals surface area contributed by atoms with Crippen LogP contribution in [0.3, 0.4) is 0 Å². The van der Waals surface area contributed by atoms with Crippen LogP contribution < -0.4 is 5.32 Å². The standard InChI is InChI=1S/C14H27NO3Si/c1-14(2,3)10(8-18-19(4)5)12-11(15-13(12)16)6-9-7-17-9/h9-12,19H,6-8H2,1-5H3,(H,15,16)/t9?,10-,11+,12-/m0/s1. The number of carbonyl (C=O) groups is 1. The minimum Gasteiger partial charge on any atom is -0.420 e. The molecule has 0 aromatic rings. The first kappa shape index (κ1) is 15.0. The Kier molecular flexibility index (Phi) is 4.37. The van der Waals surface area contributed by atoms with Crippen molar-refractivity contribution in [1.82, 2.24) is 5.32 Å². The SMILES string of the molecule is C[SiH](C)OC[C@@H]([C@@H]1C(=O)N[C@@H]1CC1CO1)C(C)(C)C. The minimum atomic E-state index is -1.04. The van der Waals surface area contributed by atoms with Crippen LogP contribution >= 0.6 is 0 Å². The van der Waals surface area contributed by atoms with Crippen LogP contribution in [0.15, 0.2) is 0 Å². The number of epoxide rings is 1. The molecule has 0 bridgehead atoms. The van der Waals surface area contributed by atoms with Gasteiger partial charge in [-0.3, -0.25) is 4.79 Å². The molecule has 2 aliphatic heterocycles. The van der Waals surface area contributed by atoms with Crippen LogP contribution in [0.2, 0.25) is 13.1 Å². The molecule has 0 saturated carbocycles. The van der Waals surface area contributed by atoms with Crippen molar-refractivity contribution in [3.8, 4) is 0 Å². The first-order chi connectivity index (χ1) is 8.79. The van der Waals surface area contributed by atoms with Crippen LogP contribution in [0.1, 0.15) is 27.2 Å². The Morgan fingerprint density at radius 3 is 2.53 bits per heavy atom. The van der Waals surface area contributed by atoms with Crippen molar-refractivity contribution in [1.29, 1.82) is 0 Å². The predicted octanol–water partition coefficient (Wildman–Crippen LogP) is 1.55. The lowest BCUT2D eigenvalue weighted by Crippen LogP contribution is -2.63. The first-order valence-corrected chi connectivity index (χ1v) is 10.1. The van der Waals surface area contributed by atoms with Crippen molar-refractivity contribution >= 4 is 14.9 Å². The highest BCUT2D eigenvalue weighted by atomic mass is 28.3. The molecule has 4 atom stereocenters. The number of hydrogen-bond donors (Lipinski definition) is 1. The van der Waals surface area contributed by atoms with Gasteiger partial charge in [-0.1, -0.05) is 20.8 Å². The molecule has 1 amide bonds. The van der Waals surface area contributed by atoms with E-state index >= 15 is 0 Å². The molecule has 2 rings (SSSR count). The zero-order valence-electron chi connectivity index (χ0n) is 12.7. The van der Waals surface area contributed by atoms with Gasteiger partial charge < -0.3 is 14.5 Å². The molecule has 1 N–H and O–H groups in total. The van der Waals surface area contributed by atoms with E-state index in [-0.39, 0.29) is 23.3 Å². The van der Waals surface area contributed by atoms with E-state index in [1.807, 2.05) is 0 Å². The molecule has 2 saturated heterocycles. The van der Waals surface area contributed by atoms with E-state index in [2.05, 4.69) is 39.2 Å². The van der Waals surface area contributed by atoms with Crippen molar-refractivity contribution in [3.05, 3.63) is 0 Å². The van der Waals surface area contributed by atoms with Crippen LogP contribution in [0.5, 0.6) is 0 Å². The Morgan fingerprint density at radius 2 is 2.11 bits per heavy atom. The van der Waals surface area contributed by atoms with Gasteiger partial charge in [0.1, 0.15) is 0 Å². The molecule has 110 valence electrons. The third kappa shape index (κ3) is 3.80. The lowest BCUT2D eigenvalue weighted by molar-refractivity contribution is -0.142. The Morgan fingerprint density at radius 1 is 1.47 bits per heavy atom. The van der Waals surface area contributed by atoms with Crippen molar-refractivity contribution in [2.75, 3.05) is 13.2 Å². The van der Waals surface area contributed by atoms with E-state index in [1.165, 1.54) is 0 Å². The zero-order valence-corrected chi connectivity index (χ0v) is 13.9. The van der Waals surface area contributed by atoms with E-state index in [9.17, 15) is 4.79 Å². The number of β-lactam (4-membered cyclic amide) rings is 1. The summed E-state index contributed by atoms with van der Waals surface area (Å²) in [5, 5.41) is 3.04. The minimum absolute atomic E-state index is 0.0916. The summed E-state index contributed by atoms with van der Waals surface area (Å²) in [6.45, 7) is 12.5. The molecule has 0 aromatic carbocycles. The fourth-order valence-electron chi connectivity index (χ4n) is 2.80. The number of nitrogens with one attached hydrogen (secondary N) is 1. The lowest BCUT2D eigenvalue weighted by atomic mass is 9.67. The molecule has 1 unspecified atom stereocenters. The van der Waals surface area contributed by atoms with Crippen molar-refractivity contribution in [2.45, 2.75) is 52.4 Å². The molecule has 2 heterocycles. The summed E-state index contributed by atoms with van der Waals surface area (Å²) in [5.74, 6) is 0.580. The number of amides is 1. The molecule has 0 spiro atoms. The molecule has 0 aromatic heterocycles. The first-order valence-electron chi connectivity index (χ1n) is 7.32. The van der Waals surface area contributed by atoms with Gasteiger partial charge in [0, 0.05) is 12.6 Å². The second-order valence-electron chi connectivity index (χ2n) is 7.19. The Hall–Kier alpha value is -0.393. The van der Waals surface area contributed by atoms with Crippen LogP contribution in [-0.2, 0) is 14.0 Å². The van der Waals surface area contributed by atoms with E-state index in [1.54, 1.807) is 0 Å². The molecule has 2 aliphatic rings. The molecule has 4 nitrogen and oxygen atoms in total. The fourth-order valence-corrected chi connectivity index (χ4v) is 3.39. The number of hydrogen-bond acceptors (Lipinski definition) is 3. The number of ether oxygens (including phenoxy) is 1. The average Bonchev–Trinajstić information content (AvgIpc) is 3.05. The van der Waals surface area contributed by atoms with Crippen molar-refractivity contribution < 1.29 is 14.0 Å². The molecular formula is C14H27NO3Si. The average molecular weight is 285 g/mol. The van der Waals surface area contributed by atoms with Gasteiger partial charge in [-0.15, -0.1) is 0 Å². The lowest BCUT2D eigenvalue weighted by Gasteiger charge is -2.46. The van der Waals surface area contributed by atoms with E-state index in [0.29, 0.717) is 18.6 Å². The number of rotatable bonds is 6. The highest BCUT2D eigenvalue weighted by Gasteiger charge is 2.49. The maximum atomic E-state index is 12.0. The van der Waals surface area contributed by atoms with Crippen molar-refractivity contribution in [3.63, 3.8) is 0 Å². The summed E-state index contributed by atoms with van der Waals surface area (Å²) in [4.78, 5) is 12.0. The summed E-state index contributed by atoms with van der Waals surface area (Å²) in [5.41, 5.74) is 0.0916. The quantitative estimate of drug-likeness (QED) is 0.458. The summed E-state index contributed by atoms with van der Waals surface area (Å²) in [7, 11) is -1.04. The topological polar surface area (TPSA) is 50.9 Å². The maximum Gasteiger partial charge on any atom is 0.225 e. The van der Waals surface area contributed by atoms with Crippen molar-refractivity contribution in [2.24, 2.45) is 17.3 Å².